The molecule has 0 spiro atoms. The fraction of sp³-hybridized carbons (Fsp3) is 0.125. The van der Waals surface area contributed by atoms with Crippen LogP contribution in [0.4, 0.5) is 0 Å². The molecule has 0 saturated carbocycles. The molecule has 0 saturated heterocycles. The van der Waals surface area contributed by atoms with Crippen molar-refractivity contribution in [1.29, 1.82) is 0 Å². The number of hydrogen-bond acceptors (Lipinski definition) is 9. The van der Waals surface area contributed by atoms with Crippen molar-refractivity contribution in [1.82, 2.24) is 29.0 Å². The van der Waals surface area contributed by atoms with E-state index in [1.807, 2.05) is 0 Å². The Balaban J connectivity index is 1.84. The van der Waals surface area contributed by atoms with Gasteiger partial charge in [-0.05, 0) is 18.2 Å². The van der Waals surface area contributed by atoms with E-state index in [-0.39, 0.29) is 23.6 Å². The minimum Gasteiger partial charge on any atom is -0.363 e. The number of Topliss-reactive ketones (excluding diaryl/α,β-unsaturated/α-hetero) is 1. The molecule has 3 heterocycles. The zero-order valence-corrected chi connectivity index (χ0v) is 14.6. The summed E-state index contributed by atoms with van der Waals surface area (Å²) < 4.78 is 8.06. The lowest BCUT2D eigenvalue weighted by Crippen LogP contribution is -2.47. The smallest absolute Gasteiger partial charge is 0.287 e. The van der Waals surface area contributed by atoms with Gasteiger partial charge in [0.25, 0.3) is 11.8 Å². The van der Waals surface area contributed by atoms with Crippen LogP contribution in [0.15, 0.2) is 42.9 Å². The van der Waals surface area contributed by atoms with Crippen LogP contribution in [0.5, 0.6) is 0 Å². The molecule has 10 nitrogen and oxygen atoms in total. The highest BCUT2D eigenvalue weighted by Gasteiger charge is 2.29. The Morgan fingerprint density at radius 3 is 2.44 bits per heavy atom. The van der Waals surface area contributed by atoms with Crippen LogP contribution in [-0.4, -0.2) is 47.3 Å². The van der Waals surface area contributed by atoms with Crippen molar-refractivity contribution in [2.45, 2.75) is 12.5 Å². The first-order chi connectivity index (χ1) is 13.1. The standard InChI is InChI=1S/C16H13N7O3S/c17-15(25)14(24)10(8-11-19-6-3-7-20-11)21-16(26)13-12(22-27-23-13)9-4-1-2-5-18-9/h1-7,10H,8H2,(H2,17,25)(H,21,26). The molecule has 0 bridgehead atoms. The second-order valence-corrected chi connectivity index (χ2v) is 5.83. The van der Waals surface area contributed by atoms with Crippen molar-refractivity contribution in [3.63, 3.8) is 0 Å². The van der Waals surface area contributed by atoms with Gasteiger partial charge in [-0.1, -0.05) is 6.07 Å². The average molecular weight is 383 g/mol. The Bertz CT molecular complexity index is 962. The average Bonchev–Trinajstić information content (AvgIpc) is 3.18. The summed E-state index contributed by atoms with van der Waals surface area (Å²) in [5, 5.41) is 2.47. The van der Waals surface area contributed by atoms with Crippen LogP contribution in [0.25, 0.3) is 11.4 Å². The molecule has 0 aliphatic rings. The first-order valence-corrected chi connectivity index (χ1v) is 8.43. The molecule has 3 N–H and O–H groups in total. The number of nitrogens with zero attached hydrogens (tertiary/aromatic N) is 5. The molecule has 0 aliphatic heterocycles. The molecule has 2 amide bonds. The maximum atomic E-state index is 12.6. The van der Waals surface area contributed by atoms with Crippen molar-refractivity contribution in [3.8, 4) is 11.4 Å². The van der Waals surface area contributed by atoms with E-state index in [0.717, 1.165) is 11.7 Å². The predicted molar refractivity (Wildman–Crippen MR) is 94.3 cm³/mol. The van der Waals surface area contributed by atoms with Crippen molar-refractivity contribution < 1.29 is 14.4 Å². The van der Waals surface area contributed by atoms with E-state index in [1.54, 1.807) is 30.5 Å². The summed E-state index contributed by atoms with van der Waals surface area (Å²) >= 11 is 0.833. The summed E-state index contributed by atoms with van der Waals surface area (Å²) in [5.74, 6) is -2.53. The number of ketones is 1. The van der Waals surface area contributed by atoms with Crippen LogP contribution in [0, 0.1) is 0 Å². The van der Waals surface area contributed by atoms with Crippen molar-refractivity contribution in [2.24, 2.45) is 5.73 Å². The van der Waals surface area contributed by atoms with Gasteiger partial charge in [0.05, 0.1) is 17.4 Å². The number of primary amides is 1. The molecule has 3 aromatic rings. The molecule has 0 fully saturated rings. The van der Waals surface area contributed by atoms with Crippen molar-refractivity contribution >= 4 is 29.3 Å². The fourth-order valence-electron chi connectivity index (χ4n) is 2.23. The Morgan fingerprint density at radius 1 is 1.04 bits per heavy atom. The molecule has 0 aliphatic carbocycles. The van der Waals surface area contributed by atoms with Gasteiger partial charge in [0.1, 0.15) is 17.6 Å². The molecule has 136 valence electrons. The number of nitrogens with two attached hydrogens (primary N) is 1. The molecule has 27 heavy (non-hydrogen) atoms. The van der Waals surface area contributed by atoms with Gasteiger partial charge in [0.15, 0.2) is 5.69 Å². The highest BCUT2D eigenvalue weighted by molar-refractivity contribution is 6.99. The fourth-order valence-corrected chi connectivity index (χ4v) is 2.79. The second kappa shape index (κ2) is 8.19. The Kier molecular flexibility index (Phi) is 5.52. The lowest BCUT2D eigenvalue weighted by atomic mass is 10.1. The zero-order chi connectivity index (χ0) is 19.2. The van der Waals surface area contributed by atoms with Gasteiger partial charge in [0, 0.05) is 25.0 Å². The number of amides is 2. The number of hydrogen-bond donors (Lipinski definition) is 2. The van der Waals surface area contributed by atoms with Crippen molar-refractivity contribution in [2.75, 3.05) is 0 Å². The molecule has 3 rings (SSSR count). The number of carbonyl (C=O) groups is 3. The summed E-state index contributed by atoms with van der Waals surface area (Å²) in [7, 11) is 0. The second-order valence-electron chi connectivity index (χ2n) is 5.30. The van der Waals surface area contributed by atoms with Gasteiger partial charge in [-0.2, -0.15) is 8.75 Å². The summed E-state index contributed by atoms with van der Waals surface area (Å²) in [5.41, 5.74) is 5.82. The van der Waals surface area contributed by atoms with Crippen LogP contribution in [0.2, 0.25) is 0 Å². The molecular formula is C16H13N7O3S. The normalized spacial score (nSPS) is 11.6. The quantitative estimate of drug-likeness (QED) is 0.531. The minimum atomic E-state index is -1.23. The maximum Gasteiger partial charge on any atom is 0.287 e. The lowest BCUT2D eigenvalue weighted by molar-refractivity contribution is -0.137. The highest BCUT2D eigenvalue weighted by atomic mass is 32.1. The Hall–Kier alpha value is -3.60. The minimum absolute atomic E-state index is 0.00468. The lowest BCUT2D eigenvalue weighted by Gasteiger charge is -2.14. The third-order valence-electron chi connectivity index (χ3n) is 3.48. The molecular weight excluding hydrogens is 370 g/mol. The SMILES string of the molecule is NC(=O)C(=O)C(Cc1ncccn1)NC(=O)c1nsnc1-c1ccccn1. The van der Waals surface area contributed by atoms with E-state index < -0.39 is 23.6 Å². The van der Waals surface area contributed by atoms with Gasteiger partial charge in [-0.3, -0.25) is 19.4 Å². The van der Waals surface area contributed by atoms with Gasteiger partial charge >= 0.3 is 0 Å². The van der Waals surface area contributed by atoms with E-state index >= 15 is 0 Å². The predicted octanol–water partition coefficient (Wildman–Crippen LogP) is -0.214. The first-order valence-electron chi connectivity index (χ1n) is 7.70. The van der Waals surface area contributed by atoms with E-state index in [2.05, 4.69) is 29.0 Å². The first kappa shape index (κ1) is 18.2. The van der Waals surface area contributed by atoms with E-state index in [1.165, 1.54) is 12.4 Å². The summed E-state index contributed by atoms with van der Waals surface area (Å²) in [4.78, 5) is 48.2. The number of aromatic nitrogens is 5. The van der Waals surface area contributed by atoms with Crippen LogP contribution in [-0.2, 0) is 16.0 Å². The van der Waals surface area contributed by atoms with Gasteiger partial charge in [-0.25, -0.2) is 9.97 Å². The van der Waals surface area contributed by atoms with E-state index in [0.29, 0.717) is 5.69 Å². The molecule has 0 aromatic carbocycles. The van der Waals surface area contributed by atoms with Crippen LogP contribution < -0.4 is 11.1 Å². The van der Waals surface area contributed by atoms with Crippen molar-refractivity contribution in [3.05, 3.63) is 54.4 Å². The molecule has 1 atom stereocenters. The molecule has 0 radical (unpaired) electrons. The number of carbonyl (C=O) groups excluding carboxylic acids is 3. The largest absolute Gasteiger partial charge is 0.363 e. The van der Waals surface area contributed by atoms with Crippen LogP contribution in [0.3, 0.4) is 0 Å². The van der Waals surface area contributed by atoms with Gasteiger partial charge in [0.2, 0.25) is 5.78 Å². The van der Waals surface area contributed by atoms with Gasteiger partial charge < -0.3 is 11.1 Å². The monoisotopic (exact) mass is 383 g/mol. The third kappa shape index (κ3) is 4.33. The summed E-state index contributed by atoms with van der Waals surface area (Å²) in [6.07, 6.45) is 4.44. The molecule has 1 unspecified atom stereocenters. The third-order valence-corrected chi connectivity index (χ3v) is 4.01. The Labute approximate surface area is 157 Å². The number of nitrogens with one attached hydrogen (secondary N) is 1. The highest BCUT2D eigenvalue weighted by Crippen LogP contribution is 2.19. The summed E-state index contributed by atoms with van der Waals surface area (Å²) in [6.45, 7) is 0. The molecule has 11 heteroatoms. The maximum absolute atomic E-state index is 12.6. The van der Waals surface area contributed by atoms with Crippen LogP contribution in [0.1, 0.15) is 16.3 Å². The van der Waals surface area contributed by atoms with E-state index in [9.17, 15) is 14.4 Å². The van der Waals surface area contributed by atoms with Crippen LogP contribution >= 0.6 is 11.7 Å². The van der Waals surface area contributed by atoms with E-state index in [4.69, 9.17) is 5.73 Å². The molecule has 3 aromatic heterocycles. The van der Waals surface area contributed by atoms with Gasteiger partial charge in [-0.15, -0.1) is 0 Å². The Morgan fingerprint density at radius 2 is 1.78 bits per heavy atom. The number of rotatable bonds is 7. The summed E-state index contributed by atoms with van der Waals surface area (Å²) in [6, 6.07) is 5.53. The number of pyridine rings is 1. The zero-order valence-electron chi connectivity index (χ0n) is 13.8. The topological polar surface area (TPSA) is 154 Å².